The van der Waals surface area contributed by atoms with E-state index in [2.05, 4.69) is 35.5 Å². The van der Waals surface area contributed by atoms with Gasteiger partial charge in [-0.2, -0.15) is 26.3 Å². The number of aromatic nitrogens is 6. The molecule has 0 aliphatic heterocycles. The van der Waals surface area contributed by atoms with Gasteiger partial charge < -0.3 is 10.4 Å². The first-order valence-corrected chi connectivity index (χ1v) is 9.04. The molecule has 4 aromatic rings. The third-order valence-corrected chi connectivity index (χ3v) is 4.36. The molecule has 0 aromatic carbocycles. The van der Waals surface area contributed by atoms with Gasteiger partial charge in [-0.3, -0.25) is 0 Å². The average molecular weight is 481 g/mol. The Kier molecular flexibility index (Phi) is 5.46. The van der Waals surface area contributed by atoms with Crippen LogP contribution in [-0.2, 0) is 12.4 Å². The number of hydrogen-bond acceptors (Lipinski definition) is 8. The predicted molar refractivity (Wildman–Crippen MR) is 103 cm³/mol. The molecule has 15 heteroatoms. The van der Waals surface area contributed by atoms with E-state index in [1.807, 2.05) is 0 Å². The maximum Gasteiger partial charge on any atom is 0.418 e. The lowest BCUT2D eigenvalue weighted by Gasteiger charge is -2.12. The standard InChI is InChI=1S/C19H9F6N7O2/c20-18(21,22)8-1-2-13(27-6-8)29-10-3-4-26-16-15(10)28-7-12(30-16)14-9(19(23,24)25)5-11(17(33)34)31-32-14/h1-7H,(H,33,34)(H,26,27,29,30). The van der Waals surface area contributed by atoms with Gasteiger partial charge in [0, 0.05) is 12.4 Å². The van der Waals surface area contributed by atoms with Crippen LogP contribution in [0.25, 0.3) is 22.6 Å². The first kappa shape index (κ1) is 22.8. The number of aromatic carboxylic acids is 1. The van der Waals surface area contributed by atoms with Crippen molar-refractivity contribution in [1.29, 1.82) is 0 Å². The number of halogens is 6. The number of anilines is 2. The summed E-state index contributed by atoms with van der Waals surface area (Å²) in [7, 11) is 0. The van der Waals surface area contributed by atoms with Crippen LogP contribution in [0.4, 0.5) is 37.8 Å². The highest BCUT2D eigenvalue weighted by atomic mass is 19.4. The highest BCUT2D eigenvalue weighted by Crippen LogP contribution is 2.36. The summed E-state index contributed by atoms with van der Waals surface area (Å²) in [6, 6.07) is 3.66. The maximum absolute atomic E-state index is 13.5. The minimum Gasteiger partial charge on any atom is -0.476 e. The van der Waals surface area contributed by atoms with E-state index in [9.17, 15) is 31.1 Å². The molecule has 0 atom stereocenters. The van der Waals surface area contributed by atoms with Gasteiger partial charge in [-0.25, -0.2) is 24.7 Å². The van der Waals surface area contributed by atoms with Crippen molar-refractivity contribution in [3.63, 3.8) is 0 Å². The monoisotopic (exact) mass is 481 g/mol. The zero-order valence-corrected chi connectivity index (χ0v) is 16.3. The summed E-state index contributed by atoms with van der Waals surface area (Å²) in [5.74, 6) is -1.65. The van der Waals surface area contributed by atoms with Gasteiger partial charge in [0.15, 0.2) is 11.3 Å². The molecule has 0 aliphatic rings. The number of carbonyl (C=O) groups is 1. The quantitative estimate of drug-likeness (QED) is 0.409. The molecule has 0 fully saturated rings. The SMILES string of the molecule is O=C(O)c1cc(C(F)(F)F)c(-c2cnc3c(Nc4ccc(C(F)(F)F)cn4)ccnc3n2)nn1. The lowest BCUT2D eigenvalue weighted by molar-refractivity contribution is -0.138. The largest absolute Gasteiger partial charge is 0.476 e. The first-order valence-electron chi connectivity index (χ1n) is 9.04. The Labute approximate surface area is 184 Å². The Morgan fingerprint density at radius 2 is 1.68 bits per heavy atom. The second-order valence-electron chi connectivity index (χ2n) is 6.64. The summed E-state index contributed by atoms with van der Waals surface area (Å²) >= 11 is 0. The van der Waals surface area contributed by atoms with E-state index in [1.165, 1.54) is 12.3 Å². The molecule has 0 saturated heterocycles. The number of carboxylic acids is 1. The van der Waals surface area contributed by atoms with Crippen molar-refractivity contribution in [3.05, 3.63) is 59.7 Å². The van der Waals surface area contributed by atoms with Crippen molar-refractivity contribution in [1.82, 2.24) is 30.1 Å². The van der Waals surface area contributed by atoms with Crippen LogP contribution in [0.3, 0.4) is 0 Å². The van der Waals surface area contributed by atoms with E-state index in [-0.39, 0.29) is 28.4 Å². The average Bonchev–Trinajstić information content (AvgIpc) is 2.77. The van der Waals surface area contributed by atoms with Gasteiger partial charge in [0.2, 0.25) is 0 Å². The fraction of sp³-hybridized carbons (Fsp3) is 0.105. The number of nitrogens with one attached hydrogen (secondary N) is 1. The van der Waals surface area contributed by atoms with Crippen molar-refractivity contribution in [2.75, 3.05) is 5.32 Å². The molecule has 4 aromatic heterocycles. The van der Waals surface area contributed by atoms with Crippen LogP contribution in [0.5, 0.6) is 0 Å². The Bertz CT molecular complexity index is 1390. The molecule has 0 spiro atoms. The van der Waals surface area contributed by atoms with Crippen molar-refractivity contribution in [2.24, 2.45) is 0 Å². The number of pyridine rings is 2. The summed E-state index contributed by atoms with van der Waals surface area (Å²) in [5.41, 5.74) is -4.17. The lowest BCUT2D eigenvalue weighted by atomic mass is 10.1. The van der Waals surface area contributed by atoms with Crippen LogP contribution < -0.4 is 5.32 Å². The number of fused-ring (bicyclic) bond motifs is 1. The second-order valence-corrected chi connectivity index (χ2v) is 6.64. The molecule has 174 valence electrons. The number of alkyl halides is 6. The zero-order valence-electron chi connectivity index (χ0n) is 16.3. The van der Waals surface area contributed by atoms with E-state index in [0.717, 1.165) is 18.3 Å². The summed E-state index contributed by atoms with van der Waals surface area (Å²) < 4.78 is 78.6. The van der Waals surface area contributed by atoms with E-state index >= 15 is 0 Å². The number of hydrogen-bond donors (Lipinski definition) is 2. The summed E-state index contributed by atoms with van der Waals surface area (Å²) in [4.78, 5) is 26.7. The molecular weight excluding hydrogens is 472 g/mol. The van der Waals surface area contributed by atoms with E-state index in [4.69, 9.17) is 5.11 Å². The van der Waals surface area contributed by atoms with Gasteiger partial charge in [0.25, 0.3) is 0 Å². The summed E-state index contributed by atoms with van der Waals surface area (Å²) in [6.07, 6.45) is -6.69. The topological polar surface area (TPSA) is 127 Å². The van der Waals surface area contributed by atoms with Crippen LogP contribution in [0.15, 0.2) is 42.9 Å². The molecule has 0 saturated carbocycles. The van der Waals surface area contributed by atoms with Crippen LogP contribution in [0.1, 0.15) is 21.6 Å². The molecule has 0 aliphatic carbocycles. The smallest absolute Gasteiger partial charge is 0.418 e. The third kappa shape index (κ3) is 4.53. The molecule has 9 nitrogen and oxygen atoms in total. The number of carboxylic acid groups (broad SMARTS) is 1. The molecule has 2 N–H and O–H groups in total. The van der Waals surface area contributed by atoms with Crippen molar-refractivity contribution in [2.45, 2.75) is 12.4 Å². The van der Waals surface area contributed by atoms with Crippen molar-refractivity contribution >= 4 is 28.6 Å². The summed E-state index contributed by atoms with van der Waals surface area (Å²) in [6.45, 7) is 0. The Balaban J connectivity index is 1.73. The second kappa shape index (κ2) is 8.17. The molecule has 4 heterocycles. The van der Waals surface area contributed by atoms with E-state index < -0.39 is 40.8 Å². The molecule has 4 rings (SSSR count). The fourth-order valence-corrected chi connectivity index (χ4v) is 2.81. The minimum absolute atomic E-state index is 0.0425. The van der Waals surface area contributed by atoms with Crippen LogP contribution in [0, 0.1) is 0 Å². The van der Waals surface area contributed by atoms with Gasteiger partial charge >= 0.3 is 18.3 Å². The number of nitrogens with zero attached hydrogens (tertiary/aromatic N) is 6. The third-order valence-electron chi connectivity index (χ3n) is 4.36. The van der Waals surface area contributed by atoms with E-state index in [0.29, 0.717) is 12.3 Å². The minimum atomic E-state index is -4.96. The van der Waals surface area contributed by atoms with Gasteiger partial charge in [-0.05, 0) is 24.3 Å². The van der Waals surface area contributed by atoms with Gasteiger partial charge in [0.1, 0.15) is 22.7 Å². The Morgan fingerprint density at radius 3 is 2.29 bits per heavy atom. The highest BCUT2D eigenvalue weighted by Gasteiger charge is 2.37. The highest BCUT2D eigenvalue weighted by molar-refractivity contribution is 5.88. The zero-order chi connectivity index (χ0) is 24.7. The number of rotatable bonds is 4. The van der Waals surface area contributed by atoms with Gasteiger partial charge in [-0.1, -0.05) is 0 Å². The molecule has 0 radical (unpaired) electrons. The van der Waals surface area contributed by atoms with Gasteiger partial charge in [-0.15, -0.1) is 10.2 Å². The molecule has 0 amide bonds. The van der Waals surface area contributed by atoms with Crippen molar-refractivity contribution in [3.8, 4) is 11.4 Å². The van der Waals surface area contributed by atoms with Gasteiger partial charge in [0.05, 0.1) is 23.0 Å². The molecule has 34 heavy (non-hydrogen) atoms. The predicted octanol–water partition coefficient (Wildman–Crippen LogP) is 4.36. The normalized spacial score (nSPS) is 12.1. The van der Waals surface area contributed by atoms with Crippen molar-refractivity contribution < 1.29 is 36.2 Å². The summed E-state index contributed by atoms with van der Waals surface area (Å²) in [5, 5.41) is 18.3. The lowest BCUT2D eigenvalue weighted by Crippen LogP contribution is -2.14. The molecule has 0 bridgehead atoms. The first-order chi connectivity index (χ1) is 15.9. The van der Waals surface area contributed by atoms with Crippen LogP contribution >= 0.6 is 0 Å². The Morgan fingerprint density at radius 1 is 0.912 bits per heavy atom. The van der Waals surface area contributed by atoms with E-state index in [1.54, 1.807) is 0 Å². The molecule has 0 unspecified atom stereocenters. The fourth-order valence-electron chi connectivity index (χ4n) is 2.81. The Hall–Kier alpha value is -4.43. The van der Waals surface area contributed by atoms with Crippen LogP contribution in [0.2, 0.25) is 0 Å². The maximum atomic E-state index is 13.5. The van der Waals surface area contributed by atoms with Crippen LogP contribution in [-0.4, -0.2) is 41.2 Å². The molecular formula is C19H9F6N7O2.